The van der Waals surface area contributed by atoms with Crippen molar-refractivity contribution in [3.63, 3.8) is 0 Å². The molecule has 0 saturated carbocycles. The van der Waals surface area contributed by atoms with E-state index in [0.29, 0.717) is 12.6 Å². The minimum absolute atomic E-state index is 0.237. The number of aromatic nitrogens is 2. The number of benzene rings is 1. The Balaban J connectivity index is 2.10. The van der Waals surface area contributed by atoms with Gasteiger partial charge in [0.2, 0.25) is 0 Å². The molecule has 3 nitrogen and oxygen atoms in total. The lowest BCUT2D eigenvalue weighted by Gasteiger charge is -2.07. The van der Waals surface area contributed by atoms with Gasteiger partial charge in [0.15, 0.2) is 0 Å². The quantitative estimate of drug-likeness (QED) is 0.908. The Kier molecular flexibility index (Phi) is 4.24. The zero-order valence-electron chi connectivity index (χ0n) is 11.2. The Bertz CT molecular complexity index is 578. The van der Waals surface area contributed by atoms with Gasteiger partial charge in [-0.1, -0.05) is 22.0 Å². The molecular weight excluding hydrogens is 309 g/mol. The monoisotopic (exact) mass is 325 g/mol. The Hall–Kier alpha value is -1.36. The molecule has 1 aromatic heterocycles. The second-order valence-electron chi connectivity index (χ2n) is 4.79. The van der Waals surface area contributed by atoms with Crippen molar-refractivity contribution in [2.24, 2.45) is 0 Å². The second-order valence-corrected chi connectivity index (χ2v) is 5.65. The summed E-state index contributed by atoms with van der Waals surface area (Å²) in [6, 6.07) is 5.05. The molecule has 0 fully saturated rings. The van der Waals surface area contributed by atoms with Crippen molar-refractivity contribution in [2.45, 2.75) is 33.4 Å². The molecule has 0 aliphatic heterocycles. The number of anilines is 1. The van der Waals surface area contributed by atoms with Crippen LogP contribution in [0.25, 0.3) is 0 Å². The average molecular weight is 326 g/mol. The van der Waals surface area contributed by atoms with E-state index in [4.69, 9.17) is 0 Å². The predicted molar refractivity (Wildman–Crippen MR) is 78.8 cm³/mol. The lowest BCUT2D eigenvalue weighted by atomic mass is 10.2. The zero-order chi connectivity index (χ0) is 14.0. The highest BCUT2D eigenvalue weighted by Gasteiger charge is 2.08. The molecule has 5 heteroatoms. The van der Waals surface area contributed by atoms with Gasteiger partial charge in [0.05, 0.1) is 11.4 Å². The highest BCUT2D eigenvalue weighted by atomic mass is 79.9. The fraction of sp³-hybridized carbons (Fsp3) is 0.357. The number of hydrogen-bond donors (Lipinski definition) is 1. The third-order valence-electron chi connectivity index (χ3n) is 2.93. The number of nitrogens with one attached hydrogen (secondary N) is 1. The van der Waals surface area contributed by atoms with Gasteiger partial charge in [0.25, 0.3) is 0 Å². The van der Waals surface area contributed by atoms with Crippen LogP contribution in [0.3, 0.4) is 0 Å². The van der Waals surface area contributed by atoms with Crippen molar-refractivity contribution in [1.29, 1.82) is 0 Å². The smallest absolute Gasteiger partial charge is 0.124 e. The normalized spacial score (nSPS) is 11.1. The van der Waals surface area contributed by atoms with Gasteiger partial charge in [-0.15, -0.1) is 0 Å². The third kappa shape index (κ3) is 3.35. The minimum Gasteiger partial charge on any atom is -0.378 e. The Morgan fingerprint density at radius 2 is 2.16 bits per heavy atom. The molecule has 102 valence electrons. The van der Waals surface area contributed by atoms with Gasteiger partial charge in [-0.2, -0.15) is 5.10 Å². The number of halogens is 2. The summed E-state index contributed by atoms with van der Waals surface area (Å²) in [5.74, 6) is -0.237. The van der Waals surface area contributed by atoms with E-state index in [0.717, 1.165) is 21.4 Å². The summed E-state index contributed by atoms with van der Waals surface area (Å²) in [5, 5.41) is 7.77. The SMILES string of the molecule is Cc1nn(C(C)C)cc1NCc1ccc(F)cc1Br. The van der Waals surface area contributed by atoms with Crippen LogP contribution < -0.4 is 5.32 Å². The van der Waals surface area contributed by atoms with Crippen LogP contribution in [0.5, 0.6) is 0 Å². The van der Waals surface area contributed by atoms with Crippen LogP contribution >= 0.6 is 15.9 Å². The largest absolute Gasteiger partial charge is 0.378 e. The van der Waals surface area contributed by atoms with E-state index in [1.54, 1.807) is 6.07 Å². The van der Waals surface area contributed by atoms with E-state index in [1.165, 1.54) is 12.1 Å². The van der Waals surface area contributed by atoms with Gasteiger partial charge in [-0.05, 0) is 38.5 Å². The molecule has 19 heavy (non-hydrogen) atoms. The van der Waals surface area contributed by atoms with Crippen molar-refractivity contribution in [2.75, 3.05) is 5.32 Å². The van der Waals surface area contributed by atoms with Gasteiger partial charge < -0.3 is 5.32 Å². The first-order chi connectivity index (χ1) is 8.97. The van der Waals surface area contributed by atoms with Gasteiger partial charge >= 0.3 is 0 Å². The molecule has 1 N–H and O–H groups in total. The van der Waals surface area contributed by atoms with Crippen LogP contribution in [-0.4, -0.2) is 9.78 Å². The van der Waals surface area contributed by atoms with E-state index >= 15 is 0 Å². The number of aryl methyl sites for hydroxylation is 1. The summed E-state index contributed by atoms with van der Waals surface area (Å²) in [4.78, 5) is 0. The third-order valence-corrected chi connectivity index (χ3v) is 3.67. The summed E-state index contributed by atoms with van der Waals surface area (Å²) in [6.45, 7) is 6.78. The van der Waals surface area contributed by atoms with Crippen molar-refractivity contribution >= 4 is 21.6 Å². The molecule has 2 aromatic rings. The fourth-order valence-corrected chi connectivity index (χ4v) is 2.27. The molecule has 0 amide bonds. The number of hydrogen-bond acceptors (Lipinski definition) is 2. The van der Waals surface area contributed by atoms with E-state index in [2.05, 4.69) is 40.2 Å². The van der Waals surface area contributed by atoms with Gasteiger partial charge in [-0.3, -0.25) is 4.68 Å². The van der Waals surface area contributed by atoms with Crippen molar-refractivity contribution in [3.8, 4) is 0 Å². The second kappa shape index (κ2) is 5.74. The molecule has 0 aliphatic carbocycles. The standard InChI is InChI=1S/C14H17BrFN3/c1-9(2)19-8-14(10(3)18-19)17-7-11-4-5-12(16)6-13(11)15/h4-6,8-9,17H,7H2,1-3H3. The predicted octanol–water partition coefficient (Wildman–Crippen LogP) is 4.29. The molecule has 0 radical (unpaired) electrons. The molecule has 0 spiro atoms. The van der Waals surface area contributed by atoms with Crippen LogP contribution in [0.1, 0.15) is 31.1 Å². The molecule has 0 saturated heterocycles. The van der Waals surface area contributed by atoms with Crippen LogP contribution in [-0.2, 0) is 6.54 Å². The molecule has 1 aromatic carbocycles. The highest BCUT2D eigenvalue weighted by molar-refractivity contribution is 9.10. The van der Waals surface area contributed by atoms with Crippen molar-refractivity contribution in [3.05, 3.63) is 45.9 Å². The Morgan fingerprint density at radius 3 is 2.74 bits per heavy atom. The molecule has 0 bridgehead atoms. The van der Waals surface area contributed by atoms with Crippen LogP contribution in [0, 0.1) is 12.7 Å². The highest BCUT2D eigenvalue weighted by Crippen LogP contribution is 2.21. The maximum atomic E-state index is 13.0. The van der Waals surface area contributed by atoms with E-state index < -0.39 is 0 Å². The summed E-state index contributed by atoms with van der Waals surface area (Å²) in [5.41, 5.74) is 2.98. The minimum atomic E-state index is -0.237. The number of rotatable bonds is 4. The molecule has 2 rings (SSSR count). The summed E-state index contributed by atoms with van der Waals surface area (Å²) in [6.07, 6.45) is 2.00. The first kappa shape index (κ1) is 14.1. The Morgan fingerprint density at radius 1 is 1.42 bits per heavy atom. The van der Waals surface area contributed by atoms with E-state index in [1.807, 2.05) is 17.8 Å². The zero-order valence-corrected chi connectivity index (χ0v) is 12.8. The van der Waals surface area contributed by atoms with Crippen LogP contribution in [0.2, 0.25) is 0 Å². The van der Waals surface area contributed by atoms with Gasteiger partial charge in [-0.25, -0.2) is 4.39 Å². The maximum Gasteiger partial charge on any atom is 0.124 e. The average Bonchev–Trinajstić information content (AvgIpc) is 2.70. The number of nitrogens with zero attached hydrogens (tertiary/aromatic N) is 2. The van der Waals surface area contributed by atoms with E-state index in [9.17, 15) is 4.39 Å². The van der Waals surface area contributed by atoms with Crippen molar-refractivity contribution < 1.29 is 4.39 Å². The molecule has 0 atom stereocenters. The van der Waals surface area contributed by atoms with Crippen LogP contribution in [0.4, 0.5) is 10.1 Å². The fourth-order valence-electron chi connectivity index (χ4n) is 1.78. The molecule has 1 heterocycles. The summed E-state index contributed by atoms with van der Waals surface area (Å²) < 4.78 is 15.7. The first-order valence-electron chi connectivity index (χ1n) is 6.21. The molecule has 0 unspecified atom stereocenters. The van der Waals surface area contributed by atoms with Crippen molar-refractivity contribution in [1.82, 2.24) is 9.78 Å². The topological polar surface area (TPSA) is 29.9 Å². The lowest BCUT2D eigenvalue weighted by Crippen LogP contribution is -2.01. The summed E-state index contributed by atoms with van der Waals surface area (Å²) in [7, 11) is 0. The lowest BCUT2D eigenvalue weighted by molar-refractivity contribution is 0.529. The summed E-state index contributed by atoms with van der Waals surface area (Å²) >= 11 is 3.37. The van der Waals surface area contributed by atoms with Gasteiger partial charge in [0, 0.05) is 23.3 Å². The first-order valence-corrected chi connectivity index (χ1v) is 7.00. The maximum absolute atomic E-state index is 13.0. The van der Waals surface area contributed by atoms with Gasteiger partial charge in [0.1, 0.15) is 5.82 Å². The molecule has 0 aliphatic rings. The molecular formula is C14H17BrFN3. The Labute approximate surface area is 121 Å². The van der Waals surface area contributed by atoms with E-state index in [-0.39, 0.29) is 5.82 Å². The van der Waals surface area contributed by atoms with Crippen LogP contribution in [0.15, 0.2) is 28.9 Å².